The van der Waals surface area contributed by atoms with Crippen LogP contribution in [0.1, 0.15) is 15.2 Å². The van der Waals surface area contributed by atoms with Gasteiger partial charge in [-0.1, -0.05) is 6.07 Å². The van der Waals surface area contributed by atoms with Gasteiger partial charge < -0.3 is 4.42 Å². The second-order valence-corrected chi connectivity index (χ2v) is 4.92. The molecule has 5 heteroatoms. The molecule has 0 radical (unpaired) electrons. The fourth-order valence-electron chi connectivity index (χ4n) is 1.74. The van der Waals surface area contributed by atoms with Crippen molar-refractivity contribution in [1.29, 1.82) is 0 Å². The predicted molar refractivity (Wildman–Crippen MR) is 74.5 cm³/mol. The molecule has 0 atom stereocenters. The summed E-state index contributed by atoms with van der Waals surface area (Å²) in [5, 5.41) is 1.95. The molecule has 0 aliphatic rings. The molecule has 1 aromatic carbocycles. The number of hydrogen-bond acceptors (Lipinski definition) is 4. The Labute approximate surface area is 112 Å². The Balaban J connectivity index is 1.91. The van der Waals surface area contributed by atoms with E-state index in [2.05, 4.69) is 4.98 Å². The lowest BCUT2D eigenvalue weighted by atomic mass is 10.1. The second-order valence-electron chi connectivity index (χ2n) is 3.94. The zero-order valence-electron chi connectivity index (χ0n) is 9.75. The first-order chi connectivity index (χ1) is 9.22. The molecule has 0 saturated heterocycles. The number of thiophene rings is 1. The molecule has 0 spiro atoms. The van der Waals surface area contributed by atoms with Crippen LogP contribution in [0.25, 0.3) is 17.2 Å². The summed E-state index contributed by atoms with van der Waals surface area (Å²) in [5.41, 5.74) is 1.47. The Morgan fingerprint density at radius 1 is 1.32 bits per heavy atom. The normalized spacial score (nSPS) is 11.4. The fourth-order valence-corrected chi connectivity index (χ4v) is 2.36. The lowest BCUT2D eigenvalue weighted by Gasteiger charge is -1.94. The van der Waals surface area contributed by atoms with Gasteiger partial charge in [-0.15, -0.1) is 11.3 Å². The minimum Gasteiger partial charge on any atom is -0.408 e. The molecule has 19 heavy (non-hydrogen) atoms. The number of carbonyl (C=O) groups excluding carboxylic acids is 1. The number of benzene rings is 1. The summed E-state index contributed by atoms with van der Waals surface area (Å²) >= 11 is 1.56. The Morgan fingerprint density at radius 3 is 3.00 bits per heavy atom. The average Bonchev–Trinajstić information content (AvgIpc) is 3.02. The molecule has 0 unspecified atom stereocenters. The summed E-state index contributed by atoms with van der Waals surface area (Å²) in [6, 6.07) is 8.74. The van der Waals surface area contributed by atoms with Crippen molar-refractivity contribution in [3.8, 4) is 0 Å². The molecule has 3 aromatic rings. The van der Waals surface area contributed by atoms with Gasteiger partial charge in [-0.05, 0) is 41.8 Å². The summed E-state index contributed by atoms with van der Waals surface area (Å²) in [7, 11) is 0. The van der Waals surface area contributed by atoms with E-state index in [0.29, 0.717) is 16.7 Å². The molecule has 0 fully saturated rings. The quantitative estimate of drug-likeness (QED) is 0.588. The lowest BCUT2D eigenvalue weighted by molar-refractivity contribution is 0.104. The van der Waals surface area contributed by atoms with E-state index in [0.717, 1.165) is 4.88 Å². The number of H-pyrrole nitrogens is 1. The first-order valence-corrected chi connectivity index (χ1v) is 6.49. The molecule has 0 aliphatic carbocycles. The maximum absolute atomic E-state index is 12.0. The second kappa shape index (κ2) is 4.70. The number of rotatable bonds is 3. The van der Waals surface area contributed by atoms with E-state index in [9.17, 15) is 9.59 Å². The van der Waals surface area contributed by atoms with Crippen LogP contribution in [-0.2, 0) is 0 Å². The third-order valence-corrected chi connectivity index (χ3v) is 3.49. The van der Waals surface area contributed by atoms with Crippen molar-refractivity contribution in [1.82, 2.24) is 4.98 Å². The van der Waals surface area contributed by atoms with Crippen molar-refractivity contribution in [2.75, 3.05) is 0 Å². The third-order valence-electron chi connectivity index (χ3n) is 2.65. The molecule has 0 saturated carbocycles. The molecular formula is C14H9NO3S. The van der Waals surface area contributed by atoms with Crippen molar-refractivity contribution < 1.29 is 9.21 Å². The topological polar surface area (TPSA) is 63.1 Å². The van der Waals surface area contributed by atoms with E-state index in [1.807, 2.05) is 17.5 Å². The zero-order chi connectivity index (χ0) is 13.2. The average molecular weight is 271 g/mol. The van der Waals surface area contributed by atoms with Crippen molar-refractivity contribution in [3.05, 3.63) is 62.8 Å². The van der Waals surface area contributed by atoms with Crippen LogP contribution in [0.2, 0.25) is 0 Å². The molecule has 0 aliphatic heterocycles. The van der Waals surface area contributed by atoms with Crippen LogP contribution in [0.3, 0.4) is 0 Å². The Bertz CT molecular complexity index is 809. The molecule has 0 bridgehead atoms. The maximum atomic E-state index is 12.0. The van der Waals surface area contributed by atoms with E-state index in [1.54, 1.807) is 35.6 Å². The summed E-state index contributed by atoms with van der Waals surface area (Å²) in [4.78, 5) is 26.6. The van der Waals surface area contributed by atoms with Crippen LogP contribution in [0.5, 0.6) is 0 Å². The monoisotopic (exact) mass is 271 g/mol. The molecule has 0 amide bonds. The van der Waals surface area contributed by atoms with Gasteiger partial charge in [-0.2, -0.15) is 0 Å². The van der Waals surface area contributed by atoms with E-state index in [1.165, 1.54) is 6.08 Å². The summed E-state index contributed by atoms with van der Waals surface area (Å²) in [6.07, 6.45) is 3.28. The van der Waals surface area contributed by atoms with E-state index < -0.39 is 5.76 Å². The molecule has 3 rings (SSSR count). The number of allylic oxidation sites excluding steroid dienone is 1. The zero-order valence-corrected chi connectivity index (χ0v) is 10.6. The highest BCUT2D eigenvalue weighted by molar-refractivity contribution is 7.10. The summed E-state index contributed by atoms with van der Waals surface area (Å²) < 4.78 is 4.92. The van der Waals surface area contributed by atoms with Gasteiger partial charge in [-0.3, -0.25) is 9.78 Å². The standard InChI is InChI=1S/C14H9NO3S/c16-12(6-4-10-2-1-7-19-10)9-3-5-11-13(8-9)18-14(17)15-11/h1-8H,(H,15,17)/b6-4+. The molecule has 4 nitrogen and oxygen atoms in total. The minimum absolute atomic E-state index is 0.126. The highest BCUT2D eigenvalue weighted by atomic mass is 32.1. The molecule has 1 N–H and O–H groups in total. The van der Waals surface area contributed by atoms with Crippen LogP contribution in [0.15, 0.2) is 51.0 Å². The van der Waals surface area contributed by atoms with Gasteiger partial charge in [-0.25, -0.2) is 4.79 Å². The summed E-state index contributed by atoms with van der Waals surface area (Å²) in [6.45, 7) is 0. The Morgan fingerprint density at radius 2 is 2.21 bits per heavy atom. The Hall–Kier alpha value is -2.40. The lowest BCUT2D eigenvalue weighted by Crippen LogP contribution is -1.93. The van der Waals surface area contributed by atoms with Crippen LogP contribution in [0.4, 0.5) is 0 Å². The summed E-state index contributed by atoms with van der Waals surface area (Å²) in [5.74, 6) is -0.645. The molecule has 2 heterocycles. The van der Waals surface area contributed by atoms with Crippen molar-refractivity contribution in [2.24, 2.45) is 0 Å². The molecule has 94 valence electrons. The number of oxazole rings is 1. The van der Waals surface area contributed by atoms with Gasteiger partial charge in [0.15, 0.2) is 11.4 Å². The number of aromatic nitrogens is 1. The smallest absolute Gasteiger partial charge is 0.408 e. The predicted octanol–water partition coefficient (Wildman–Crippen LogP) is 3.08. The SMILES string of the molecule is O=C(/C=C/c1cccs1)c1ccc2[nH]c(=O)oc2c1. The van der Waals surface area contributed by atoms with Gasteiger partial charge in [0.2, 0.25) is 0 Å². The van der Waals surface area contributed by atoms with Crippen molar-refractivity contribution in [3.63, 3.8) is 0 Å². The van der Waals surface area contributed by atoms with Crippen LogP contribution in [-0.4, -0.2) is 10.8 Å². The molecule has 2 aromatic heterocycles. The number of aromatic amines is 1. The van der Waals surface area contributed by atoms with Crippen LogP contribution >= 0.6 is 11.3 Å². The fraction of sp³-hybridized carbons (Fsp3) is 0. The van der Waals surface area contributed by atoms with Crippen molar-refractivity contribution >= 4 is 34.3 Å². The van der Waals surface area contributed by atoms with Gasteiger partial charge in [0.05, 0.1) is 5.52 Å². The third kappa shape index (κ3) is 2.41. The van der Waals surface area contributed by atoms with E-state index >= 15 is 0 Å². The number of carbonyl (C=O) groups is 1. The van der Waals surface area contributed by atoms with Gasteiger partial charge in [0.1, 0.15) is 0 Å². The number of nitrogens with one attached hydrogen (secondary N) is 1. The minimum atomic E-state index is -0.520. The molecular weight excluding hydrogens is 262 g/mol. The largest absolute Gasteiger partial charge is 0.417 e. The van der Waals surface area contributed by atoms with Gasteiger partial charge >= 0.3 is 5.76 Å². The van der Waals surface area contributed by atoms with E-state index in [4.69, 9.17) is 4.42 Å². The first-order valence-electron chi connectivity index (χ1n) is 5.61. The number of fused-ring (bicyclic) bond motifs is 1. The van der Waals surface area contributed by atoms with Crippen LogP contribution < -0.4 is 5.76 Å². The number of ketones is 1. The first kappa shape index (κ1) is 11.7. The van der Waals surface area contributed by atoms with Gasteiger partial charge in [0, 0.05) is 10.4 Å². The van der Waals surface area contributed by atoms with Crippen LogP contribution in [0, 0.1) is 0 Å². The highest BCUT2D eigenvalue weighted by Crippen LogP contribution is 2.15. The van der Waals surface area contributed by atoms with Gasteiger partial charge in [0.25, 0.3) is 0 Å². The maximum Gasteiger partial charge on any atom is 0.417 e. The Kier molecular flexibility index (Phi) is 2.89. The highest BCUT2D eigenvalue weighted by Gasteiger charge is 2.06. The number of hydrogen-bond donors (Lipinski definition) is 1. The van der Waals surface area contributed by atoms with E-state index in [-0.39, 0.29) is 5.78 Å². The van der Waals surface area contributed by atoms with Crippen molar-refractivity contribution in [2.45, 2.75) is 0 Å².